The molecule has 1 fully saturated rings. The quantitative estimate of drug-likeness (QED) is 0.792. The number of nitrogens with two attached hydrogens (primary N) is 1. The van der Waals surface area contributed by atoms with Gasteiger partial charge in [0.2, 0.25) is 0 Å². The van der Waals surface area contributed by atoms with Crippen molar-refractivity contribution in [3.05, 3.63) is 0 Å². The van der Waals surface area contributed by atoms with Crippen molar-refractivity contribution >= 4 is 6.09 Å². The highest BCUT2D eigenvalue weighted by Crippen LogP contribution is 2.44. The first-order valence-corrected chi connectivity index (χ1v) is 5.75. The van der Waals surface area contributed by atoms with Gasteiger partial charge in [0.1, 0.15) is 5.60 Å². The zero-order chi connectivity index (χ0) is 14.2. The molecule has 0 aromatic heterocycles. The second-order valence-electron chi connectivity index (χ2n) is 5.63. The molecule has 0 radical (unpaired) electrons. The van der Waals surface area contributed by atoms with Crippen LogP contribution in [0.1, 0.15) is 27.2 Å². The van der Waals surface area contributed by atoms with Crippen LogP contribution in [0, 0.1) is 5.41 Å². The van der Waals surface area contributed by atoms with Crippen LogP contribution in [0.2, 0.25) is 0 Å². The van der Waals surface area contributed by atoms with Gasteiger partial charge in [0.05, 0.1) is 5.41 Å². The van der Waals surface area contributed by atoms with Gasteiger partial charge in [0.25, 0.3) is 0 Å². The van der Waals surface area contributed by atoms with Crippen molar-refractivity contribution in [3.8, 4) is 0 Å². The summed E-state index contributed by atoms with van der Waals surface area (Å²) >= 11 is 0. The van der Waals surface area contributed by atoms with Crippen LogP contribution in [0.4, 0.5) is 18.0 Å². The van der Waals surface area contributed by atoms with Crippen LogP contribution in [-0.4, -0.2) is 42.4 Å². The van der Waals surface area contributed by atoms with Crippen LogP contribution in [0.15, 0.2) is 0 Å². The Bertz CT molecular complexity index is 325. The van der Waals surface area contributed by atoms with E-state index in [0.29, 0.717) is 0 Å². The SMILES string of the molecule is CC(C)(C)OC(=O)N1CCC(CN)(C(F)(F)F)C1. The van der Waals surface area contributed by atoms with E-state index < -0.39 is 36.4 Å². The van der Waals surface area contributed by atoms with Crippen LogP contribution >= 0.6 is 0 Å². The molecule has 1 aliphatic heterocycles. The number of amides is 1. The molecule has 1 saturated heterocycles. The first-order valence-electron chi connectivity index (χ1n) is 5.75. The first kappa shape index (κ1) is 15.1. The maximum atomic E-state index is 12.9. The van der Waals surface area contributed by atoms with Gasteiger partial charge in [-0.15, -0.1) is 0 Å². The molecule has 1 heterocycles. The Balaban J connectivity index is 2.74. The maximum absolute atomic E-state index is 12.9. The van der Waals surface area contributed by atoms with Crippen molar-refractivity contribution in [1.82, 2.24) is 4.90 Å². The molecule has 1 rings (SSSR count). The highest BCUT2D eigenvalue weighted by atomic mass is 19.4. The van der Waals surface area contributed by atoms with Crippen molar-refractivity contribution < 1.29 is 22.7 Å². The number of rotatable bonds is 1. The molecule has 1 amide bonds. The number of carbonyl (C=O) groups is 1. The predicted octanol–water partition coefficient (Wildman–Crippen LogP) is 2.13. The zero-order valence-electron chi connectivity index (χ0n) is 10.8. The Kier molecular flexibility index (Phi) is 3.86. The zero-order valence-corrected chi connectivity index (χ0v) is 10.8. The summed E-state index contributed by atoms with van der Waals surface area (Å²) in [5.41, 5.74) is 2.53. The smallest absolute Gasteiger partial charge is 0.410 e. The number of carbonyl (C=O) groups excluding carboxylic acids is 1. The summed E-state index contributed by atoms with van der Waals surface area (Å²) in [6, 6.07) is 0. The number of hydrogen-bond donors (Lipinski definition) is 1. The van der Waals surface area contributed by atoms with E-state index in [9.17, 15) is 18.0 Å². The van der Waals surface area contributed by atoms with E-state index in [2.05, 4.69) is 0 Å². The fraction of sp³-hybridized carbons (Fsp3) is 0.909. The lowest BCUT2D eigenvalue weighted by Crippen LogP contribution is -2.47. The van der Waals surface area contributed by atoms with Crippen LogP contribution < -0.4 is 5.73 Å². The number of halogens is 3. The fourth-order valence-corrected chi connectivity index (χ4v) is 1.87. The Hall–Kier alpha value is -0.980. The summed E-state index contributed by atoms with van der Waals surface area (Å²) in [7, 11) is 0. The average Bonchev–Trinajstić information content (AvgIpc) is 2.59. The summed E-state index contributed by atoms with van der Waals surface area (Å²) in [5.74, 6) is 0. The summed E-state index contributed by atoms with van der Waals surface area (Å²) in [4.78, 5) is 12.8. The molecule has 0 aliphatic carbocycles. The van der Waals surface area contributed by atoms with Crippen LogP contribution in [0.3, 0.4) is 0 Å². The monoisotopic (exact) mass is 268 g/mol. The highest BCUT2D eigenvalue weighted by Gasteiger charge is 2.58. The van der Waals surface area contributed by atoms with Gasteiger partial charge >= 0.3 is 12.3 Å². The van der Waals surface area contributed by atoms with Crippen LogP contribution in [-0.2, 0) is 4.74 Å². The number of nitrogens with zero attached hydrogens (tertiary/aromatic N) is 1. The van der Waals surface area contributed by atoms with Crippen LogP contribution in [0.5, 0.6) is 0 Å². The van der Waals surface area contributed by atoms with Crippen molar-refractivity contribution in [3.63, 3.8) is 0 Å². The normalized spacial score (nSPS) is 25.4. The van der Waals surface area contributed by atoms with Gasteiger partial charge in [-0.05, 0) is 27.2 Å². The summed E-state index contributed by atoms with van der Waals surface area (Å²) in [6.07, 6.45) is -5.30. The van der Waals surface area contributed by atoms with Crippen molar-refractivity contribution in [1.29, 1.82) is 0 Å². The lowest BCUT2D eigenvalue weighted by atomic mass is 9.86. The molecular formula is C11H19F3N2O2. The third-order valence-electron chi connectivity index (χ3n) is 3.00. The molecular weight excluding hydrogens is 249 g/mol. The lowest BCUT2D eigenvalue weighted by Gasteiger charge is -2.30. The van der Waals surface area contributed by atoms with Gasteiger partial charge in [-0.25, -0.2) is 4.79 Å². The Morgan fingerprint density at radius 3 is 2.28 bits per heavy atom. The number of alkyl halides is 3. The summed E-state index contributed by atoms with van der Waals surface area (Å²) < 4.78 is 43.8. The largest absolute Gasteiger partial charge is 0.444 e. The van der Waals surface area contributed by atoms with Gasteiger partial charge in [-0.1, -0.05) is 0 Å². The Morgan fingerprint density at radius 1 is 1.39 bits per heavy atom. The minimum atomic E-state index is -4.40. The Labute approximate surface area is 104 Å². The molecule has 7 heteroatoms. The summed E-state index contributed by atoms with van der Waals surface area (Å²) in [6.45, 7) is 4.08. The van der Waals surface area contributed by atoms with Crippen LogP contribution in [0.25, 0.3) is 0 Å². The van der Waals surface area contributed by atoms with Gasteiger partial charge < -0.3 is 15.4 Å². The maximum Gasteiger partial charge on any atom is 0.410 e. The van der Waals surface area contributed by atoms with E-state index in [1.165, 1.54) is 0 Å². The third-order valence-corrected chi connectivity index (χ3v) is 3.00. The fourth-order valence-electron chi connectivity index (χ4n) is 1.87. The number of likely N-dealkylation sites (tertiary alicyclic amines) is 1. The molecule has 0 bridgehead atoms. The van der Waals surface area contributed by atoms with E-state index >= 15 is 0 Å². The van der Waals surface area contributed by atoms with E-state index in [4.69, 9.17) is 10.5 Å². The van der Waals surface area contributed by atoms with Gasteiger partial charge in [-0.3, -0.25) is 0 Å². The van der Waals surface area contributed by atoms with Gasteiger partial charge in [0.15, 0.2) is 0 Å². The van der Waals surface area contributed by atoms with Crippen molar-refractivity contribution in [2.24, 2.45) is 11.1 Å². The molecule has 2 N–H and O–H groups in total. The van der Waals surface area contributed by atoms with E-state index in [-0.39, 0.29) is 13.0 Å². The highest BCUT2D eigenvalue weighted by molar-refractivity contribution is 5.68. The first-order chi connectivity index (χ1) is 8.01. The summed E-state index contributed by atoms with van der Waals surface area (Å²) in [5, 5.41) is 0. The molecule has 106 valence electrons. The number of hydrogen-bond acceptors (Lipinski definition) is 3. The average molecular weight is 268 g/mol. The molecule has 0 spiro atoms. The molecule has 0 aromatic rings. The molecule has 1 unspecified atom stereocenters. The molecule has 1 atom stereocenters. The van der Waals surface area contributed by atoms with E-state index in [1.54, 1.807) is 20.8 Å². The van der Waals surface area contributed by atoms with Crippen molar-refractivity contribution in [2.45, 2.75) is 39.0 Å². The van der Waals surface area contributed by atoms with E-state index in [1.807, 2.05) is 0 Å². The molecule has 1 aliphatic rings. The minimum Gasteiger partial charge on any atom is -0.444 e. The lowest BCUT2D eigenvalue weighted by molar-refractivity contribution is -0.215. The second-order valence-corrected chi connectivity index (χ2v) is 5.63. The topological polar surface area (TPSA) is 55.6 Å². The molecule has 0 aromatic carbocycles. The number of ether oxygens (including phenoxy) is 1. The molecule has 18 heavy (non-hydrogen) atoms. The Morgan fingerprint density at radius 2 is 1.94 bits per heavy atom. The minimum absolute atomic E-state index is 0.0195. The standard InChI is InChI=1S/C11H19F3N2O2/c1-9(2,3)18-8(17)16-5-4-10(6-15,7-16)11(12,13)14/h4-7,15H2,1-3H3. The molecule has 0 saturated carbocycles. The predicted molar refractivity (Wildman–Crippen MR) is 60.0 cm³/mol. The van der Waals surface area contributed by atoms with E-state index in [0.717, 1.165) is 4.90 Å². The second kappa shape index (κ2) is 4.60. The van der Waals surface area contributed by atoms with Crippen molar-refractivity contribution in [2.75, 3.05) is 19.6 Å². The third kappa shape index (κ3) is 3.07. The van der Waals surface area contributed by atoms with Gasteiger partial charge in [0, 0.05) is 19.6 Å². The molecule has 4 nitrogen and oxygen atoms in total. The van der Waals surface area contributed by atoms with Gasteiger partial charge in [-0.2, -0.15) is 13.2 Å².